The van der Waals surface area contributed by atoms with E-state index in [2.05, 4.69) is 4.99 Å². The highest BCUT2D eigenvalue weighted by Gasteiger charge is 2.32. The molecule has 1 aliphatic rings. The second kappa shape index (κ2) is 9.69. The summed E-state index contributed by atoms with van der Waals surface area (Å²) in [6.07, 6.45) is 1.80. The molecule has 3 aromatic rings. The summed E-state index contributed by atoms with van der Waals surface area (Å²) in [4.78, 5) is 31.5. The molecule has 0 N–H and O–H groups in total. The van der Waals surface area contributed by atoms with Crippen LogP contribution in [0.2, 0.25) is 0 Å². The van der Waals surface area contributed by atoms with E-state index >= 15 is 0 Å². The Labute approximate surface area is 201 Å². The zero-order valence-electron chi connectivity index (χ0n) is 19.7. The number of hydrogen-bond donors (Lipinski definition) is 0. The average molecular weight is 479 g/mol. The van der Waals surface area contributed by atoms with Crippen LogP contribution in [0.25, 0.3) is 6.08 Å². The number of fused-ring (bicyclic) bond motifs is 1. The number of benzene rings is 2. The third kappa shape index (κ3) is 4.17. The number of thiazole rings is 1. The van der Waals surface area contributed by atoms with Crippen LogP contribution < -0.4 is 29.1 Å². The highest BCUT2D eigenvalue weighted by atomic mass is 32.1. The number of ether oxygens (including phenoxy) is 3. The number of ketones is 1. The standard InChI is InChI=1S/C26H26N2O5S/c1-6-33-20-12-11-17(13-21(20)32-5)14-22-25(30)28-24(18-9-7-8-10-19(18)31-4)23(16(3)29)15(2)27-26(28)34-22/h7-14,24H,6H2,1-5H3/b22-14-/t24-/m0/s1. The van der Waals surface area contributed by atoms with E-state index in [1.807, 2.05) is 49.4 Å². The summed E-state index contributed by atoms with van der Waals surface area (Å²) < 4.78 is 18.7. The molecule has 2 aromatic carbocycles. The number of Topliss-reactive ketones (excluding diaryl/α,β-unsaturated/α-hetero) is 1. The lowest BCUT2D eigenvalue weighted by atomic mass is 9.93. The minimum Gasteiger partial charge on any atom is -0.496 e. The number of aromatic nitrogens is 1. The van der Waals surface area contributed by atoms with Crippen molar-refractivity contribution in [3.63, 3.8) is 0 Å². The van der Waals surface area contributed by atoms with Crippen molar-refractivity contribution < 1.29 is 19.0 Å². The molecule has 0 bridgehead atoms. The van der Waals surface area contributed by atoms with Gasteiger partial charge in [-0.3, -0.25) is 14.2 Å². The Morgan fingerprint density at radius 1 is 1.12 bits per heavy atom. The number of para-hydroxylation sites is 1. The Kier molecular flexibility index (Phi) is 6.70. The number of hydrogen-bond acceptors (Lipinski definition) is 7. The topological polar surface area (TPSA) is 79.1 Å². The first-order valence-corrected chi connectivity index (χ1v) is 11.7. The van der Waals surface area contributed by atoms with Crippen molar-refractivity contribution in [3.05, 3.63) is 84.5 Å². The maximum atomic E-state index is 13.7. The molecule has 176 valence electrons. The molecular formula is C26H26N2O5S. The summed E-state index contributed by atoms with van der Waals surface area (Å²) in [5, 5.41) is 0. The predicted molar refractivity (Wildman–Crippen MR) is 132 cm³/mol. The minimum absolute atomic E-state index is 0.136. The van der Waals surface area contributed by atoms with Gasteiger partial charge in [0.15, 0.2) is 22.1 Å². The van der Waals surface area contributed by atoms with Gasteiger partial charge in [0.2, 0.25) is 0 Å². The molecular weight excluding hydrogens is 452 g/mol. The van der Waals surface area contributed by atoms with Crippen LogP contribution in [-0.4, -0.2) is 31.2 Å². The van der Waals surface area contributed by atoms with Crippen LogP contribution in [0, 0.1) is 0 Å². The zero-order chi connectivity index (χ0) is 24.4. The fourth-order valence-corrected chi connectivity index (χ4v) is 5.20. The molecule has 0 amide bonds. The quantitative estimate of drug-likeness (QED) is 0.521. The number of methoxy groups -OCH3 is 2. The Hall–Kier alpha value is -3.65. The maximum Gasteiger partial charge on any atom is 0.271 e. The van der Waals surface area contributed by atoms with Crippen LogP contribution in [0.5, 0.6) is 17.2 Å². The van der Waals surface area contributed by atoms with Gasteiger partial charge in [0, 0.05) is 16.8 Å². The van der Waals surface area contributed by atoms with E-state index in [0.717, 1.165) is 11.1 Å². The smallest absolute Gasteiger partial charge is 0.271 e. The molecule has 0 spiro atoms. The van der Waals surface area contributed by atoms with Crippen LogP contribution >= 0.6 is 11.3 Å². The molecule has 0 radical (unpaired) electrons. The summed E-state index contributed by atoms with van der Waals surface area (Å²) in [6, 6.07) is 12.3. The number of carbonyl (C=O) groups excluding carboxylic acids is 1. The Morgan fingerprint density at radius 2 is 1.85 bits per heavy atom. The van der Waals surface area contributed by atoms with Crippen LogP contribution in [0.4, 0.5) is 0 Å². The molecule has 0 saturated carbocycles. The summed E-state index contributed by atoms with van der Waals surface area (Å²) in [6.45, 7) is 5.73. The highest BCUT2D eigenvalue weighted by Crippen LogP contribution is 2.35. The summed E-state index contributed by atoms with van der Waals surface area (Å²) in [5.41, 5.74) is 2.38. The first-order valence-electron chi connectivity index (χ1n) is 10.9. The van der Waals surface area contributed by atoms with Gasteiger partial charge >= 0.3 is 0 Å². The fourth-order valence-electron chi connectivity index (χ4n) is 4.16. The number of carbonyl (C=O) groups is 1. The molecule has 0 saturated heterocycles. The van der Waals surface area contributed by atoms with Gasteiger partial charge in [-0.15, -0.1) is 0 Å². The van der Waals surface area contributed by atoms with E-state index < -0.39 is 6.04 Å². The van der Waals surface area contributed by atoms with Crippen molar-refractivity contribution >= 4 is 23.2 Å². The van der Waals surface area contributed by atoms with Crippen molar-refractivity contribution in [3.8, 4) is 17.2 Å². The van der Waals surface area contributed by atoms with Gasteiger partial charge in [-0.25, -0.2) is 4.99 Å². The van der Waals surface area contributed by atoms with Gasteiger partial charge in [0.05, 0.1) is 31.4 Å². The molecule has 1 aliphatic heterocycles. The van der Waals surface area contributed by atoms with Crippen LogP contribution in [0.15, 0.2) is 63.5 Å². The van der Waals surface area contributed by atoms with Crippen molar-refractivity contribution in [1.82, 2.24) is 4.57 Å². The van der Waals surface area contributed by atoms with Crippen molar-refractivity contribution in [2.75, 3.05) is 20.8 Å². The molecule has 0 aliphatic carbocycles. The average Bonchev–Trinajstić information content (AvgIpc) is 3.13. The lowest BCUT2D eigenvalue weighted by Gasteiger charge is -2.25. The second-order valence-corrected chi connectivity index (χ2v) is 8.73. The molecule has 0 fully saturated rings. The molecule has 8 heteroatoms. The predicted octanol–water partition coefficient (Wildman–Crippen LogP) is 3.24. The molecule has 1 aromatic heterocycles. The molecule has 7 nitrogen and oxygen atoms in total. The van der Waals surface area contributed by atoms with Crippen molar-refractivity contribution in [2.24, 2.45) is 4.99 Å². The molecule has 0 unspecified atom stereocenters. The lowest BCUT2D eigenvalue weighted by molar-refractivity contribution is -0.114. The van der Waals surface area contributed by atoms with Gasteiger partial charge in [-0.2, -0.15) is 0 Å². The molecule has 4 rings (SSSR count). The van der Waals surface area contributed by atoms with Gasteiger partial charge in [-0.1, -0.05) is 35.6 Å². The molecule has 34 heavy (non-hydrogen) atoms. The van der Waals surface area contributed by atoms with E-state index in [1.165, 1.54) is 18.3 Å². The SMILES string of the molecule is CCOc1ccc(/C=c2\sc3n(c2=O)[C@@H](c2ccccc2OC)C(C(C)=O)=C(C)N=3)cc1OC. The maximum absolute atomic E-state index is 13.7. The Bertz CT molecular complexity index is 1470. The summed E-state index contributed by atoms with van der Waals surface area (Å²) in [7, 11) is 3.15. The van der Waals surface area contributed by atoms with Crippen LogP contribution in [0.1, 0.15) is 37.9 Å². The second-order valence-electron chi connectivity index (χ2n) is 7.72. The van der Waals surface area contributed by atoms with Gasteiger partial charge in [0.25, 0.3) is 5.56 Å². The molecule has 2 heterocycles. The third-order valence-electron chi connectivity index (χ3n) is 5.62. The number of nitrogens with zero attached hydrogens (tertiary/aromatic N) is 2. The van der Waals surface area contributed by atoms with E-state index in [4.69, 9.17) is 14.2 Å². The first kappa shape index (κ1) is 23.5. The lowest BCUT2D eigenvalue weighted by Crippen LogP contribution is -2.39. The third-order valence-corrected chi connectivity index (χ3v) is 6.60. The monoisotopic (exact) mass is 478 g/mol. The zero-order valence-corrected chi connectivity index (χ0v) is 20.6. The summed E-state index contributed by atoms with van der Waals surface area (Å²) in [5.74, 6) is 1.70. The highest BCUT2D eigenvalue weighted by molar-refractivity contribution is 7.07. The molecule has 1 atom stereocenters. The van der Waals surface area contributed by atoms with E-state index in [-0.39, 0.29) is 11.3 Å². The van der Waals surface area contributed by atoms with Crippen LogP contribution in [0.3, 0.4) is 0 Å². The van der Waals surface area contributed by atoms with E-state index in [0.29, 0.717) is 44.5 Å². The largest absolute Gasteiger partial charge is 0.496 e. The fraction of sp³-hybridized carbons (Fsp3) is 0.269. The Balaban J connectivity index is 1.93. The van der Waals surface area contributed by atoms with Gasteiger partial charge in [0.1, 0.15) is 5.75 Å². The van der Waals surface area contributed by atoms with Crippen LogP contribution in [-0.2, 0) is 4.79 Å². The van der Waals surface area contributed by atoms with Crippen molar-refractivity contribution in [1.29, 1.82) is 0 Å². The van der Waals surface area contributed by atoms with Gasteiger partial charge < -0.3 is 14.2 Å². The first-order chi connectivity index (χ1) is 16.4. The van der Waals surface area contributed by atoms with Gasteiger partial charge in [-0.05, 0) is 50.6 Å². The number of allylic oxidation sites excluding steroid dienone is 2. The van der Waals surface area contributed by atoms with E-state index in [9.17, 15) is 9.59 Å². The summed E-state index contributed by atoms with van der Waals surface area (Å²) >= 11 is 1.28. The minimum atomic E-state index is -0.623. The Morgan fingerprint density at radius 3 is 2.53 bits per heavy atom. The van der Waals surface area contributed by atoms with Crippen molar-refractivity contribution in [2.45, 2.75) is 26.8 Å². The van der Waals surface area contributed by atoms with E-state index in [1.54, 1.807) is 31.8 Å². The normalized spacial score (nSPS) is 15.6. The number of rotatable bonds is 7.